The lowest BCUT2D eigenvalue weighted by Crippen LogP contribution is -2.48. The van der Waals surface area contributed by atoms with Gasteiger partial charge in [0.15, 0.2) is 0 Å². The predicted octanol–water partition coefficient (Wildman–Crippen LogP) is 1.46. The van der Waals surface area contributed by atoms with Crippen molar-refractivity contribution in [2.24, 2.45) is 0 Å². The van der Waals surface area contributed by atoms with Crippen LogP contribution in [0.3, 0.4) is 0 Å². The van der Waals surface area contributed by atoms with Crippen LogP contribution in [-0.4, -0.2) is 61.0 Å². The SMILES string of the molecule is CCN1CCCC1CN(C)C(=O)C1CCCCCN1. The molecular formula is C15H29N3O. The molecule has 110 valence electrons. The fraction of sp³-hybridized carbons (Fsp3) is 0.933. The summed E-state index contributed by atoms with van der Waals surface area (Å²) < 4.78 is 0. The van der Waals surface area contributed by atoms with Crippen LogP contribution in [0.25, 0.3) is 0 Å². The molecule has 2 rings (SSSR count). The summed E-state index contributed by atoms with van der Waals surface area (Å²) in [5, 5.41) is 3.41. The maximum atomic E-state index is 12.5. The number of carbonyl (C=O) groups is 1. The van der Waals surface area contributed by atoms with E-state index < -0.39 is 0 Å². The molecule has 0 aromatic rings. The van der Waals surface area contributed by atoms with Crippen LogP contribution in [0.5, 0.6) is 0 Å². The van der Waals surface area contributed by atoms with Gasteiger partial charge >= 0.3 is 0 Å². The van der Waals surface area contributed by atoms with E-state index in [1.54, 1.807) is 0 Å². The molecule has 2 saturated heterocycles. The number of likely N-dealkylation sites (N-methyl/N-ethyl adjacent to an activating group) is 2. The second kappa shape index (κ2) is 7.25. The molecular weight excluding hydrogens is 238 g/mol. The van der Waals surface area contributed by atoms with Crippen LogP contribution in [-0.2, 0) is 4.79 Å². The quantitative estimate of drug-likeness (QED) is 0.837. The maximum absolute atomic E-state index is 12.5. The summed E-state index contributed by atoms with van der Waals surface area (Å²) in [6.45, 7) is 6.41. The number of rotatable bonds is 4. The zero-order valence-electron chi connectivity index (χ0n) is 12.5. The minimum absolute atomic E-state index is 0.0592. The third-order valence-corrected chi connectivity index (χ3v) is 4.62. The zero-order valence-corrected chi connectivity index (χ0v) is 12.5. The number of hydrogen-bond donors (Lipinski definition) is 1. The summed E-state index contributed by atoms with van der Waals surface area (Å²) in [7, 11) is 1.97. The average Bonchev–Trinajstić information content (AvgIpc) is 2.69. The second-order valence-electron chi connectivity index (χ2n) is 6.00. The molecule has 1 amide bonds. The van der Waals surface area contributed by atoms with Gasteiger partial charge in [-0.2, -0.15) is 0 Å². The van der Waals surface area contributed by atoms with Gasteiger partial charge in [0.25, 0.3) is 0 Å². The molecule has 4 nitrogen and oxygen atoms in total. The topological polar surface area (TPSA) is 35.6 Å². The fourth-order valence-electron chi connectivity index (χ4n) is 3.43. The van der Waals surface area contributed by atoms with E-state index in [9.17, 15) is 4.79 Å². The Labute approximate surface area is 117 Å². The Hall–Kier alpha value is -0.610. The molecule has 0 bridgehead atoms. The normalized spacial score (nSPS) is 29.2. The van der Waals surface area contributed by atoms with Crippen LogP contribution >= 0.6 is 0 Å². The molecule has 2 aliphatic rings. The molecule has 0 saturated carbocycles. The molecule has 0 spiro atoms. The van der Waals surface area contributed by atoms with E-state index in [1.807, 2.05) is 11.9 Å². The fourth-order valence-corrected chi connectivity index (χ4v) is 3.43. The van der Waals surface area contributed by atoms with Gasteiger partial charge in [0, 0.05) is 19.6 Å². The lowest BCUT2D eigenvalue weighted by atomic mass is 10.1. The van der Waals surface area contributed by atoms with Crippen molar-refractivity contribution in [3.63, 3.8) is 0 Å². The van der Waals surface area contributed by atoms with Crippen molar-refractivity contribution in [2.45, 2.75) is 57.5 Å². The second-order valence-corrected chi connectivity index (χ2v) is 6.00. The Morgan fingerprint density at radius 2 is 2.11 bits per heavy atom. The number of hydrogen-bond acceptors (Lipinski definition) is 3. The van der Waals surface area contributed by atoms with Gasteiger partial charge in [-0.25, -0.2) is 0 Å². The minimum atomic E-state index is 0.0592. The summed E-state index contributed by atoms with van der Waals surface area (Å²) in [5.41, 5.74) is 0. The number of nitrogens with one attached hydrogen (secondary N) is 1. The van der Waals surface area contributed by atoms with Gasteiger partial charge < -0.3 is 10.2 Å². The Balaban J connectivity index is 1.84. The van der Waals surface area contributed by atoms with Crippen LogP contribution < -0.4 is 5.32 Å². The van der Waals surface area contributed by atoms with E-state index >= 15 is 0 Å². The predicted molar refractivity (Wildman–Crippen MR) is 78.2 cm³/mol. The minimum Gasteiger partial charge on any atom is -0.343 e. The molecule has 0 radical (unpaired) electrons. The summed E-state index contributed by atoms with van der Waals surface area (Å²) in [4.78, 5) is 16.9. The van der Waals surface area contributed by atoms with Gasteiger partial charge in [-0.15, -0.1) is 0 Å². The van der Waals surface area contributed by atoms with E-state index in [1.165, 1.54) is 38.6 Å². The smallest absolute Gasteiger partial charge is 0.239 e. The molecule has 4 heteroatoms. The molecule has 0 aliphatic carbocycles. The molecule has 0 aromatic heterocycles. The van der Waals surface area contributed by atoms with Gasteiger partial charge in [0.1, 0.15) is 0 Å². The maximum Gasteiger partial charge on any atom is 0.239 e. The van der Waals surface area contributed by atoms with Crippen molar-refractivity contribution in [3.8, 4) is 0 Å². The van der Waals surface area contributed by atoms with E-state index in [-0.39, 0.29) is 6.04 Å². The lowest BCUT2D eigenvalue weighted by Gasteiger charge is -2.30. The van der Waals surface area contributed by atoms with Gasteiger partial charge in [-0.1, -0.05) is 19.8 Å². The summed E-state index contributed by atoms with van der Waals surface area (Å²) in [6.07, 6.45) is 7.17. The van der Waals surface area contributed by atoms with Crippen LogP contribution in [0, 0.1) is 0 Å². The third kappa shape index (κ3) is 3.93. The van der Waals surface area contributed by atoms with Crippen molar-refractivity contribution < 1.29 is 4.79 Å². The molecule has 1 N–H and O–H groups in total. The van der Waals surface area contributed by atoms with Crippen molar-refractivity contribution in [2.75, 3.05) is 33.2 Å². The number of amides is 1. The summed E-state index contributed by atoms with van der Waals surface area (Å²) >= 11 is 0. The largest absolute Gasteiger partial charge is 0.343 e. The van der Waals surface area contributed by atoms with E-state index in [0.29, 0.717) is 11.9 Å². The van der Waals surface area contributed by atoms with E-state index in [2.05, 4.69) is 17.1 Å². The van der Waals surface area contributed by atoms with E-state index in [0.717, 1.165) is 26.1 Å². The van der Waals surface area contributed by atoms with Crippen LogP contribution in [0.4, 0.5) is 0 Å². The highest BCUT2D eigenvalue weighted by atomic mass is 16.2. The molecule has 19 heavy (non-hydrogen) atoms. The Morgan fingerprint density at radius 3 is 2.89 bits per heavy atom. The third-order valence-electron chi connectivity index (χ3n) is 4.62. The first-order valence-electron chi connectivity index (χ1n) is 7.94. The molecule has 0 aromatic carbocycles. The highest BCUT2D eigenvalue weighted by Crippen LogP contribution is 2.18. The zero-order chi connectivity index (χ0) is 13.7. The first kappa shape index (κ1) is 14.8. The molecule has 2 heterocycles. The standard InChI is InChI=1S/C15H29N3O/c1-3-18-11-7-8-13(18)12-17(2)15(19)14-9-5-4-6-10-16-14/h13-14,16H,3-12H2,1-2H3. The molecule has 2 unspecified atom stereocenters. The monoisotopic (exact) mass is 267 g/mol. The van der Waals surface area contributed by atoms with E-state index in [4.69, 9.17) is 0 Å². The van der Waals surface area contributed by atoms with Crippen molar-refractivity contribution in [3.05, 3.63) is 0 Å². The van der Waals surface area contributed by atoms with Crippen LogP contribution in [0.2, 0.25) is 0 Å². The van der Waals surface area contributed by atoms with Crippen LogP contribution in [0.1, 0.15) is 45.4 Å². The highest BCUT2D eigenvalue weighted by molar-refractivity contribution is 5.81. The van der Waals surface area contributed by atoms with Gasteiger partial charge in [0.05, 0.1) is 6.04 Å². The van der Waals surface area contributed by atoms with Crippen molar-refractivity contribution in [1.82, 2.24) is 15.1 Å². The molecule has 2 atom stereocenters. The highest BCUT2D eigenvalue weighted by Gasteiger charge is 2.28. The first-order valence-corrected chi connectivity index (χ1v) is 7.94. The van der Waals surface area contributed by atoms with Gasteiger partial charge in [-0.05, 0) is 45.3 Å². The Bertz CT molecular complexity index is 287. The van der Waals surface area contributed by atoms with Gasteiger partial charge in [-0.3, -0.25) is 9.69 Å². The van der Waals surface area contributed by atoms with Crippen molar-refractivity contribution >= 4 is 5.91 Å². The van der Waals surface area contributed by atoms with Gasteiger partial charge in [0.2, 0.25) is 5.91 Å². The number of nitrogens with zero attached hydrogens (tertiary/aromatic N) is 2. The Morgan fingerprint density at radius 1 is 1.26 bits per heavy atom. The lowest BCUT2D eigenvalue weighted by molar-refractivity contribution is -0.132. The molecule has 2 aliphatic heterocycles. The van der Waals surface area contributed by atoms with Crippen molar-refractivity contribution in [1.29, 1.82) is 0 Å². The first-order chi connectivity index (χ1) is 9.22. The average molecular weight is 267 g/mol. The molecule has 2 fully saturated rings. The Kier molecular flexibility index (Phi) is 5.64. The number of likely N-dealkylation sites (tertiary alicyclic amines) is 1. The van der Waals surface area contributed by atoms with Crippen LogP contribution in [0.15, 0.2) is 0 Å². The summed E-state index contributed by atoms with van der Waals surface area (Å²) in [6, 6.07) is 0.633. The number of carbonyl (C=O) groups excluding carboxylic acids is 1. The summed E-state index contributed by atoms with van der Waals surface area (Å²) in [5.74, 6) is 0.296.